The molecule has 0 unspecified atom stereocenters. The highest BCUT2D eigenvalue weighted by atomic mass is 16.5. The van der Waals surface area contributed by atoms with Crippen LogP contribution in [0.3, 0.4) is 0 Å². The number of ether oxygens (including phenoxy) is 1. The maximum absolute atomic E-state index is 13.6. The number of pyridine rings is 1. The molecule has 1 saturated carbocycles. The van der Waals surface area contributed by atoms with Crippen LogP contribution in [0.15, 0.2) is 54.7 Å². The number of hydrogen-bond donors (Lipinski definition) is 3. The van der Waals surface area contributed by atoms with Gasteiger partial charge in [-0.05, 0) is 126 Å². The number of nitrogens with one attached hydrogen (secondary N) is 2. The van der Waals surface area contributed by atoms with Gasteiger partial charge in [-0.2, -0.15) is 5.10 Å². The molecule has 2 aromatic heterocycles. The molecule has 3 saturated heterocycles. The van der Waals surface area contributed by atoms with Crippen molar-refractivity contribution in [3.8, 4) is 5.75 Å². The highest BCUT2D eigenvalue weighted by Crippen LogP contribution is 2.54. The fraction of sp³-hybridized carbons (Fsp3) is 0.500. The summed E-state index contributed by atoms with van der Waals surface area (Å²) >= 11 is 0. The lowest BCUT2D eigenvalue weighted by atomic mass is 9.57. The third-order valence-corrected chi connectivity index (χ3v) is 12.8. The minimum atomic E-state index is -1.19. The normalized spacial score (nSPS) is 19.3. The van der Waals surface area contributed by atoms with E-state index in [0.29, 0.717) is 45.3 Å². The zero-order chi connectivity index (χ0) is 40.8. The number of hydrogen-bond acceptors (Lipinski definition) is 9. The number of carbonyl (C=O) groups is 4. The molecule has 14 nitrogen and oxygen atoms in total. The van der Waals surface area contributed by atoms with Crippen molar-refractivity contribution in [2.45, 2.75) is 83.8 Å². The van der Waals surface area contributed by atoms with Crippen LogP contribution in [-0.4, -0.2) is 99.8 Å². The van der Waals surface area contributed by atoms with E-state index < -0.39 is 11.6 Å². The number of methoxy groups -OCH3 is 1. The Balaban J connectivity index is 0.806. The number of aliphatic hydroxyl groups is 1. The minimum absolute atomic E-state index is 0.0431. The van der Waals surface area contributed by atoms with E-state index in [1.165, 1.54) is 31.3 Å². The van der Waals surface area contributed by atoms with Gasteiger partial charge >= 0.3 is 6.03 Å². The Labute approximate surface area is 338 Å². The average Bonchev–Trinajstić information content (AvgIpc) is 3.62. The molecule has 8 rings (SSSR count). The van der Waals surface area contributed by atoms with Crippen molar-refractivity contribution in [2.75, 3.05) is 56.6 Å². The molecule has 1 spiro atoms. The Morgan fingerprint density at radius 3 is 2.47 bits per heavy atom. The van der Waals surface area contributed by atoms with Crippen molar-refractivity contribution in [1.29, 1.82) is 0 Å². The SMILES string of the molecule is COc1ccc(C(=O)N2CCC3(CC2)CC(CCN2CCC(n4cc5cc(NC(=O)c6cccc(C)n6)c(C(C)(C)O)cc5n4)CC2)C3)cc1N1CCC(=O)NC1=O. The second-order valence-corrected chi connectivity index (χ2v) is 17.3. The first-order valence-corrected chi connectivity index (χ1v) is 20.6. The van der Waals surface area contributed by atoms with Gasteiger partial charge in [0.2, 0.25) is 5.91 Å². The number of nitrogens with zero attached hydrogens (tertiary/aromatic N) is 6. The number of piperidine rings is 2. The number of benzene rings is 2. The van der Waals surface area contributed by atoms with Crippen LogP contribution in [0.4, 0.5) is 16.2 Å². The van der Waals surface area contributed by atoms with Crippen molar-refractivity contribution in [2.24, 2.45) is 11.3 Å². The maximum atomic E-state index is 13.6. The molecule has 1 aliphatic carbocycles. The molecule has 4 aliphatic rings. The summed E-state index contributed by atoms with van der Waals surface area (Å²) in [6.45, 7) is 10.1. The molecule has 3 N–H and O–H groups in total. The van der Waals surface area contributed by atoms with Crippen LogP contribution in [0.5, 0.6) is 5.75 Å². The molecule has 0 atom stereocenters. The lowest BCUT2D eigenvalue weighted by Gasteiger charge is -2.53. The molecule has 3 aliphatic heterocycles. The van der Waals surface area contributed by atoms with Gasteiger partial charge in [0.15, 0.2) is 0 Å². The molecule has 14 heteroatoms. The Bertz CT molecular complexity index is 2220. The smallest absolute Gasteiger partial charge is 0.328 e. The van der Waals surface area contributed by atoms with Crippen molar-refractivity contribution in [3.05, 3.63) is 77.2 Å². The van der Waals surface area contributed by atoms with Crippen LogP contribution in [-0.2, 0) is 10.4 Å². The molecule has 306 valence electrons. The predicted molar refractivity (Wildman–Crippen MR) is 220 cm³/mol. The van der Waals surface area contributed by atoms with Gasteiger partial charge in [-0.3, -0.25) is 29.3 Å². The number of carbonyl (C=O) groups excluding carboxylic acids is 4. The summed E-state index contributed by atoms with van der Waals surface area (Å²) < 4.78 is 7.56. The fourth-order valence-corrected chi connectivity index (χ4v) is 9.49. The first-order valence-electron chi connectivity index (χ1n) is 20.6. The van der Waals surface area contributed by atoms with Crippen molar-refractivity contribution in [3.63, 3.8) is 0 Å². The average molecular weight is 791 g/mol. The number of anilines is 2. The van der Waals surface area contributed by atoms with Gasteiger partial charge in [0.25, 0.3) is 11.8 Å². The lowest BCUT2D eigenvalue weighted by molar-refractivity contribution is -0.120. The number of likely N-dealkylation sites (tertiary alicyclic amines) is 2. The van der Waals surface area contributed by atoms with Gasteiger partial charge in [0, 0.05) is 73.2 Å². The van der Waals surface area contributed by atoms with Crippen molar-refractivity contribution >= 4 is 46.0 Å². The highest BCUT2D eigenvalue weighted by Gasteiger charge is 2.46. The molecular weight excluding hydrogens is 737 g/mol. The van der Waals surface area contributed by atoms with Crippen LogP contribution in [0.1, 0.15) is 103 Å². The monoisotopic (exact) mass is 790 g/mol. The van der Waals surface area contributed by atoms with Gasteiger partial charge in [-0.15, -0.1) is 0 Å². The van der Waals surface area contributed by atoms with Crippen molar-refractivity contribution in [1.82, 2.24) is 29.9 Å². The maximum Gasteiger partial charge on any atom is 0.328 e. The van der Waals surface area contributed by atoms with E-state index in [9.17, 15) is 24.3 Å². The molecule has 0 radical (unpaired) electrons. The van der Waals surface area contributed by atoms with Gasteiger partial charge in [-0.25, -0.2) is 9.78 Å². The number of urea groups is 1. The Morgan fingerprint density at radius 2 is 1.78 bits per heavy atom. The molecule has 2 aromatic carbocycles. The largest absolute Gasteiger partial charge is 0.495 e. The van der Waals surface area contributed by atoms with Crippen LogP contribution in [0.25, 0.3) is 10.9 Å². The first kappa shape index (κ1) is 39.5. The summed E-state index contributed by atoms with van der Waals surface area (Å²) in [4.78, 5) is 61.3. The van der Waals surface area contributed by atoms with Gasteiger partial charge in [0.1, 0.15) is 11.4 Å². The molecule has 4 aromatic rings. The summed E-state index contributed by atoms with van der Waals surface area (Å²) in [6.07, 6.45) is 9.91. The zero-order valence-electron chi connectivity index (χ0n) is 33.9. The summed E-state index contributed by atoms with van der Waals surface area (Å²) in [6, 6.07) is 14.1. The standard InChI is InChI=1S/C44H54N8O6/c1-28-6-5-7-34(45-28)40(54)46-36-22-31-27-52(48-35(31)24-33(36)43(2,3)57)32-11-17-49(18-12-32)16-10-29-25-44(26-29)14-20-50(21-15-44)41(55)30-8-9-38(58-4)37(23-30)51-19-13-39(53)47-42(51)56/h5-9,22-24,27,29,32,57H,10-21,25-26H2,1-4H3,(H,46,54)(H,47,53,56). The molecule has 4 fully saturated rings. The number of amides is 5. The zero-order valence-corrected chi connectivity index (χ0v) is 33.9. The Hall–Kier alpha value is -5.34. The van der Waals surface area contributed by atoms with Gasteiger partial charge in [0.05, 0.1) is 30.0 Å². The van der Waals surface area contributed by atoms with Crippen LogP contribution >= 0.6 is 0 Å². The van der Waals surface area contributed by atoms with Gasteiger partial charge in [-0.1, -0.05) is 6.07 Å². The fourth-order valence-electron chi connectivity index (χ4n) is 9.49. The number of fused-ring (bicyclic) bond motifs is 1. The van der Waals surface area contributed by atoms with E-state index in [2.05, 4.69) is 31.4 Å². The van der Waals surface area contributed by atoms with E-state index in [0.717, 1.165) is 75.0 Å². The summed E-state index contributed by atoms with van der Waals surface area (Å²) in [5.41, 5.74) is 3.17. The summed E-state index contributed by atoms with van der Waals surface area (Å²) in [5.74, 6) is 0.517. The van der Waals surface area contributed by atoms with Crippen LogP contribution in [0, 0.1) is 18.3 Å². The van der Waals surface area contributed by atoms with E-state index in [1.807, 2.05) is 30.0 Å². The number of aromatic nitrogens is 3. The number of aryl methyl sites for hydroxylation is 1. The second kappa shape index (κ2) is 15.8. The lowest BCUT2D eigenvalue weighted by Crippen LogP contribution is -2.50. The topological polar surface area (TPSA) is 162 Å². The molecule has 0 bridgehead atoms. The van der Waals surface area contributed by atoms with Crippen molar-refractivity contribution < 1.29 is 29.0 Å². The predicted octanol–water partition coefficient (Wildman–Crippen LogP) is 6.03. The molecular formula is C44H54N8O6. The van der Waals surface area contributed by atoms with E-state index in [1.54, 1.807) is 44.2 Å². The van der Waals surface area contributed by atoms with E-state index >= 15 is 0 Å². The third-order valence-electron chi connectivity index (χ3n) is 12.8. The van der Waals surface area contributed by atoms with E-state index in [-0.39, 0.29) is 36.7 Å². The molecule has 5 amide bonds. The molecule has 58 heavy (non-hydrogen) atoms. The quantitative estimate of drug-likeness (QED) is 0.174. The second-order valence-electron chi connectivity index (χ2n) is 17.3. The van der Waals surface area contributed by atoms with Gasteiger partial charge < -0.3 is 25.0 Å². The summed E-state index contributed by atoms with van der Waals surface area (Å²) in [5, 5.41) is 22.2. The minimum Gasteiger partial charge on any atom is -0.495 e. The number of imide groups is 1. The summed E-state index contributed by atoms with van der Waals surface area (Å²) in [7, 11) is 1.53. The number of rotatable bonds is 10. The molecule has 5 heterocycles. The van der Waals surface area contributed by atoms with Crippen LogP contribution in [0.2, 0.25) is 0 Å². The Morgan fingerprint density at radius 1 is 1.02 bits per heavy atom. The Kier molecular flexibility index (Phi) is 10.7. The van der Waals surface area contributed by atoms with E-state index in [4.69, 9.17) is 9.84 Å². The first-order chi connectivity index (χ1) is 27.8. The highest BCUT2D eigenvalue weighted by molar-refractivity contribution is 6.07. The van der Waals surface area contributed by atoms with Crippen LogP contribution < -0.4 is 20.3 Å². The third kappa shape index (κ3) is 8.17.